The van der Waals surface area contributed by atoms with E-state index < -0.39 is 11.6 Å². The van der Waals surface area contributed by atoms with Gasteiger partial charge in [-0.05, 0) is 31.3 Å². The summed E-state index contributed by atoms with van der Waals surface area (Å²) in [6, 6.07) is 6.61. The van der Waals surface area contributed by atoms with Crippen LogP contribution in [-0.4, -0.2) is 7.05 Å². The molecule has 0 aliphatic heterocycles. The van der Waals surface area contributed by atoms with E-state index >= 15 is 0 Å². The summed E-state index contributed by atoms with van der Waals surface area (Å²) in [4.78, 5) is 0. The lowest BCUT2D eigenvalue weighted by molar-refractivity contribution is 0.296. The van der Waals surface area contributed by atoms with Crippen molar-refractivity contribution >= 4 is 23.2 Å². The lowest BCUT2D eigenvalue weighted by Crippen LogP contribution is -2.08. The number of hydrogen-bond acceptors (Lipinski definition) is 2. The van der Waals surface area contributed by atoms with Crippen molar-refractivity contribution in [3.8, 4) is 5.75 Å². The average molecular weight is 332 g/mol. The molecule has 0 saturated carbocycles. The Hall–Kier alpha value is -1.36. The van der Waals surface area contributed by atoms with Crippen LogP contribution in [-0.2, 0) is 13.2 Å². The highest BCUT2D eigenvalue weighted by atomic mass is 35.5. The van der Waals surface area contributed by atoms with E-state index in [1.807, 2.05) is 0 Å². The quantitative estimate of drug-likeness (QED) is 0.866. The molecule has 0 spiro atoms. The van der Waals surface area contributed by atoms with Crippen molar-refractivity contribution in [1.82, 2.24) is 5.32 Å². The third-order valence-electron chi connectivity index (χ3n) is 2.84. The Labute approximate surface area is 131 Å². The molecular weight excluding hydrogens is 319 g/mol. The predicted molar refractivity (Wildman–Crippen MR) is 79.9 cm³/mol. The molecular formula is C15H13Cl2F2NO. The monoisotopic (exact) mass is 331 g/mol. The topological polar surface area (TPSA) is 21.3 Å². The molecule has 0 amide bonds. The van der Waals surface area contributed by atoms with Crippen LogP contribution >= 0.6 is 23.2 Å². The van der Waals surface area contributed by atoms with Gasteiger partial charge in [-0.25, -0.2) is 8.78 Å². The van der Waals surface area contributed by atoms with Gasteiger partial charge in [0.25, 0.3) is 0 Å². The molecule has 1 N–H and O–H groups in total. The molecule has 0 saturated heterocycles. The highest BCUT2D eigenvalue weighted by Crippen LogP contribution is 2.33. The van der Waals surface area contributed by atoms with E-state index in [2.05, 4.69) is 5.32 Å². The van der Waals surface area contributed by atoms with E-state index in [1.165, 1.54) is 12.1 Å². The van der Waals surface area contributed by atoms with Gasteiger partial charge in [-0.3, -0.25) is 0 Å². The Morgan fingerprint density at radius 3 is 2.52 bits per heavy atom. The first-order valence-electron chi connectivity index (χ1n) is 6.20. The Kier molecular flexibility index (Phi) is 5.39. The summed E-state index contributed by atoms with van der Waals surface area (Å²) in [5.41, 5.74) is 1.01. The number of benzene rings is 2. The van der Waals surface area contributed by atoms with Gasteiger partial charge in [0.2, 0.25) is 0 Å². The van der Waals surface area contributed by atoms with Gasteiger partial charge in [-0.2, -0.15) is 0 Å². The van der Waals surface area contributed by atoms with Gasteiger partial charge in [-0.1, -0.05) is 23.2 Å². The van der Waals surface area contributed by atoms with E-state index in [9.17, 15) is 8.78 Å². The zero-order valence-corrected chi connectivity index (χ0v) is 12.7. The lowest BCUT2D eigenvalue weighted by Gasteiger charge is -2.14. The number of hydrogen-bond donors (Lipinski definition) is 1. The molecule has 0 radical (unpaired) electrons. The van der Waals surface area contributed by atoms with Crippen LogP contribution < -0.4 is 10.1 Å². The maximum Gasteiger partial charge on any atom is 0.142 e. The number of rotatable bonds is 5. The van der Waals surface area contributed by atoms with E-state index in [-0.39, 0.29) is 12.2 Å². The molecule has 0 aliphatic rings. The van der Waals surface area contributed by atoms with Crippen LogP contribution in [0.1, 0.15) is 11.1 Å². The lowest BCUT2D eigenvalue weighted by atomic mass is 10.2. The van der Waals surface area contributed by atoms with E-state index in [1.54, 1.807) is 19.2 Å². The van der Waals surface area contributed by atoms with Crippen molar-refractivity contribution in [3.05, 3.63) is 63.1 Å². The van der Waals surface area contributed by atoms with Crippen molar-refractivity contribution < 1.29 is 13.5 Å². The van der Waals surface area contributed by atoms with Crippen molar-refractivity contribution in [1.29, 1.82) is 0 Å². The van der Waals surface area contributed by atoms with E-state index in [0.29, 0.717) is 22.3 Å². The van der Waals surface area contributed by atoms with E-state index in [0.717, 1.165) is 11.6 Å². The van der Waals surface area contributed by atoms with Gasteiger partial charge < -0.3 is 10.1 Å². The summed E-state index contributed by atoms with van der Waals surface area (Å²) in [6.07, 6.45) is 0. The number of ether oxygens (including phenoxy) is 1. The normalized spacial score (nSPS) is 10.7. The van der Waals surface area contributed by atoms with Crippen molar-refractivity contribution in [3.63, 3.8) is 0 Å². The third kappa shape index (κ3) is 4.06. The molecule has 2 nitrogen and oxygen atoms in total. The minimum Gasteiger partial charge on any atom is -0.487 e. The van der Waals surface area contributed by atoms with Crippen LogP contribution in [0, 0.1) is 11.6 Å². The van der Waals surface area contributed by atoms with Gasteiger partial charge in [-0.15, -0.1) is 0 Å². The first kappa shape index (κ1) is 16.0. The highest BCUT2D eigenvalue weighted by Gasteiger charge is 2.12. The Balaban J connectivity index is 2.23. The Morgan fingerprint density at radius 2 is 1.86 bits per heavy atom. The molecule has 2 rings (SSSR count). The average Bonchev–Trinajstić information content (AvgIpc) is 2.40. The maximum atomic E-state index is 13.6. The smallest absolute Gasteiger partial charge is 0.142 e. The molecule has 0 atom stereocenters. The summed E-state index contributed by atoms with van der Waals surface area (Å²) >= 11 is 12.1. The van der Waals surface area contributed by atoms with Crippen LogP contribution in [0.15, 0.2) is 30.3 Å². The van der Waals surface area contributed by atoms with Gasteiger partial charge in [0, 0.05) is 28.8 Å². The molecule has 6 heteroatoms. The maximum absolute atomic E-state index is 13.6. The van der Waals surface area contributed by atoms with Gasteiger partial charge in [0.15, 0.2) is 0 Å². The molecule has 2 aromatic rings. The largest absolute Gasteiger partial charge is 0.487 e. The summed E-state index contributed by atoms with van der Waals surface area (Å²) in [5.74, 6) is -0.856. The fourth-order valence-electron chi connectivity index (χ4n) is 1.89. The highest BCUT2D eigenvalue weighted by molar-refractivity contribution is 6.35. The second-order valence-corrected chi connectivity index (χ2v) is 5.27. The van der Waals surface area contributed by atoms with Crippen LogP contribution in [0.2, 0.25) is 10.0 Å². The SMILES string of the molecule is CNCc1cc(Cl)cc(Cl)c1OCc1ccc(F)cc1F. The minimum absolute atomic E-state index is 0.0514. The molecule has 0 fully saturated rings. The molecule has 112 valence electrons. The van der Waals surface area contributed by atoms with Crippen LogP contribution in [0.4, 0.5) is 8.78 Å². The zero-order chi connectivity index (χ0) is 15.4. The van der Waals surface area contributed by atoms with E-state index in [4.69, 9.17) is 27.9 Å². The number of halogens is 4. The predicted octanol–water partition coefficient (Wildman–Crippen LogP) is 4.57. The minimum atomic E-state index is -0.657. The summed E-state index contributed by atoms with van der Waals surface area (Å²) < 4.78 is 32.0. The van der Waals surface area contributed by atoms with Crippen molar-refractivity contribution in [2.45, 2.75) is 13.2 Å². The third-order valence-corrected chi connectivity index (χ3v) is 3.34. The summed E-state index contributed by atoms with van der Waals surface area (Å²) in [6.45, 7) is 0.450. The molecule has 0 unspecified atom stereocenters. The standard InChI is InChI=1S/C15H13Cl2F2NO/c1-20-7-10-4-11(16)5-13(17)15(10)21-8-9-2-3-12(18)6-14(9)19/h2-6,20H,7-8H2,1H3. The van der Waals surface area contributed by atoms with Gasteiger partial charge in [0.05, 0.1) is 5.02 Å². The van der Waals surface area contributed by atoms with Crippen LogP contribution in [0.3, 0.4) is 0 Å². The van der Waals surface area contributed by atoms with Gasteiger partial charge in [0.1, 0.15) is 24.0 Å². The summed E-state index contributed by atoms with van der Waals surface area (Å²) in [7, 11) is 1.78. The van der Waals surface area contributed by atoms with Gasteiger partial charge >= 0.3 is 0 Å². The second-order valence-electron chi connectivity index (χ2n) is 4.43. The summed E-state index contributed by atoms with van der Waals surface area (Å²) in [5, 5.41) is 3.81. The number of nitrogens with one attached hydrogen (secondary N) is 1. The second kappa shape index (κ2) is 7.07. The molecule has 0 bridgehead atoms. The molecule has 21 heavy (non-hydrogen) atoms. The first-order valence-corrected chi connectivity index (χ1v) is 6.96. The van der Waals surface area contributed by atoms with Crippen LogP contribution in [0.5, 0.6) is 5.75 Å². The molecule has 0 aromatic heterocycles. The zero-order valence-electron chi connectivity index (χ0n) is 11.2. The first-order chi connectivity index (χ1) is 10.0. The fourth-order valence-corrected chi connectivity index (χ4v) is 2.48. The van der Waals surface area contributed by atoms with Crippen molar-refractivity contribution in [2.75, 3.05) is 7.05 Å². The Morgan fingerprint density at radius 1 is 1.10 bits per heavy atom. The molecule has 0 heterocycles. The molecule has 2 aromatic carbocycles. The van der Waals surface area contributed by atoms with Crippen molar-refractivity contribution in [2.24, 2.45) is 0 Å². The Bertz CT molecular complexity index is 650. The van der Waals surface area contributed by atoms with Crippen LogP contribution in [0.25, 0.3) is 0 Å². The fraction of sp³-hybridized carbons (Fsp3) is 0.200. The molecule has 0 aliphatic carbocycles.